The Labute approximate surface area is 69.4 Å². The Hall–Kier alpha value is -0.500. The van der Waals surface area contributed by atoms with Gasteiger partial charge in [-0.25, -0.2) is 10.1 Å². The van der Waals surface area contributed by atoms with E-state index in [0.29, 0.717) is 5.75 Å². The molecule has 0 aliphatic carbocycles. The van der Waals surface area contributed by atoms with Crippen molar-refractivity contribution < 1.29 is 9.09 Å². The predicted octanol–water partition coefficient (Wildman–Crippen LogP) is 2.37. The van der Waals surface area contributed by atoms with E-state index in [4.69, 9.17) is 21.3 Å². The lowest BCUT2D eigenvalue weighted by Gasteiger charge is -2.05. The molecule has 60 valence electrons. The quantitative estimate of drug-likeness (QED) is 0.731. The summed E-state index contributed by atoms with van der Waals surface area (Å²) in [6.07, 6.45) is 0. The van der Waals surface area contributed by atoms with E-state index in [2.05, 4.69) is 0 Å². The molecule has 0 bridgehead atoms. The van der Waals surface area contributed by atoms with Crippen LogP contribution in [-0.4, -0.2) is 0 Å². The molecular formula is C6H7ClNO2P. The Balaban J connectivity index is 2.74. The van der Waals surface area contributed by atoms with Crippen LogP contribution in [0.15, 0.2) is 30.3 Å². The fourth-order valence-corrected chi connectivity index (χ4v) is 1.27. The van der Waals surface area contributed by atoms with Gasteiger partial charge in [-0.15, -0.1) is 0 Å². The summed E-state index contributed by atoms with van der Waals surface area (Å²) < 4.78 is 15.4. The minimum absolute atomic E-state index is 0.410. The van der Waals surface area contributed by atoms with Crippen LogP contribution in [0.3, 0.4) is 0 Å². The second-order valence-electron chi connectivity index (χ2n) is 1.93. The number of hydrogen-bond acceptors (Lipinski definition) is 2. The molecule has 1 atom stereocenters. The van der Waals surface area contributed by atoms with Crippen molar-refractivity contribution >= 4 is 18.1 Å². The molecule has 0 spiro atoms. The third-order valence-electron chi connectivity index (χ3n) is 0.973. The van der Waals surface area contributed by atoms with Crippen molar-refractivity contribution in [1.82, 2.24) is 0 Å². The molecule has 11 heavy (non-hydrogen) atoms. The molecule has 1 aromatic carbocycles. The SMILES string of the molecule is NP(=O)(Cl)Oc1ccccc1. The number of rotatable bonds is 2. The van der Waals surface area contributed by atoms with E-state index >= 15 is 0 Å². The highest BCUT2D eigenvalue weighted by molar-refractivity contribution is 7.83. The fraction of sp³-hybridized carbons (Fsp3) is 0. The molecule has 0 heterocycles. The molecule has 0 fully saturated rings. The molecule has 0 aliphatic rings. The zero-order valence-electron chi connectivity index (χ0n) is 5.61. The summed E-state index contributed by atoms with van der Waals surface area (Å²) in [5, 5.41) is 0. The van der Waals surface area contributed by atoms with Crippen LogP contribution < -0.4 is 10.0 Å². The summed E-state index contributed by atoms with van der Waals surface area (Å²) in [7, 11) is 0. The minimum atomic E-state index is -3.42. The second-order valence-corrected chi connectivity index (χ2v) is 4.56. The summed E-state index contributed by atoms with van der Waals surface area (Å²) in [6.45, 7) is -3.42. The van der Waals surface area contributed by atoms with Gasteiger partial charge in [-0.1, -0.05) is 18.2 Å². The molecule has 1 unspecified atom stereocenters. The molecule has 0 saturated carbocycles. The standard InChI is InChI=1S/C6H7ClNO2P/c7-11(8,9)10-6-4-2-1-3-5-6/h1-5H,(H2,8,9). The van der Waals surface area contributed by atoms with Crippen LogP contribution in [0, 0.1) is 0 Å². The molecular weight excluding hydrogens is 184 g/mol. The molecule has 1 aromatic rings. The average molecular weight is 192 g/mol. The van der Waals surface area contributed by atoms with E-state index < -0.39 is 6.87 Å². The van der Waals surface area contributed by atoms with Crippen LogP contribution in [0.1, 0.15) is 0 Å². The highest BCUT2D eigenvalue weighted by Crippen LogP contribution is 2.43. The van der Waals surface area contributed by atoms with Crippen LogP contribution in [0.25, 0.3) is 0 Å². The maximum Gasteiger partial charge on any atom is 0.406 e. The molecule has 2 N–H and O–H groups in total. The normalized spacial score (nSPS) is 15.5. The van der Waals surface area contributed by atoms with Crippen LogP contribution >= 0.6 is 18.1 Å². The lowest BCUT2D eigenvalue weighted by Crippen LogP contribution is -1.94. The summed E-state index contributed by atoms with van der Waals surface area (Å²) in [4.78, 5) is 0. The van der Waals surface area contributed by atoms with Gasteiger partial charge < -0.3 is 4.52 Å². The van der Waals surface area contributed by atoms with Crippen molar-refractivity contribution in [2.45, 2.75) is 0 Å². The monoisotopic (exact) mass is 191 g/mol. The van der Waals surface area contributed by atoms with Crippen LogP contribution in [0.4, 0.5) is 0 Å². The Morgan fingerprint density at radius 2 is 1.91 bits per heavy atom. The van der Waals surface area contributed by atoms with Crippen LogP contribution in [0.2, 0.25) is 0 Å². The highest BCUT2D eigenvalue weighted by Gasteiger charge is 2.11. The van der Waals surface area contributed by atoms with Gasteiger partial charge in [0.2, 0.25) is 0 Å². The average Bonchev–Trinajstić information content (AvgIpc) is 1.85. The Morgan fingerprint density at radius 3 is 2.36 bits per heavy atom. The first-order valence-corrected chi connectivity index (χ1v) is 5.51. The zero-order chi connectivity index (χ0) is 8.32. The van der Waals surface area contributed by atoms with Crippen LogP contribution in [-0.2, 0) is 4.57 Å². The maximum atomic E-state index is 10.7. The van der Waals surface area contributed by atoms with E-state index in [9.17, 15) is 4.57 Å². The number of nitrogens with two attached hydrogens (primary N) is 1. The first-order valence-electron chi connectivity index (χ1n) is 2.91. The van der Waals surface area contributed by atoms with Crippen molar-refractivity contribution in [3.05, 3.63) is 30.3 Å². The first kappa shape index (κ1) is 8.60. The van der Waals surface area contributed by atoms with Crippen molar-refractivity contribution in [3.8, 4) is 5.75 Å². The third-order valence-corrected chi connectivity index (χ3v) is 1.64. The van der Waals surface area contributed by atoms with Crippen molar-refractivity contribution in [2.24, 2.45) is 5.50 Å². The van der Waals surface area contributed by atoms with Crippen molar-refractivity contribution in [3.63, 3.8) is 0 Å². The van der Waals surface area contributed by atoms with E-state index in [1.54, 1.807) is 24.3 Å². The molecule has 0 amide bonds. The second kappa shape index (κ2) is 3.26. The van der Waals surface area contributed by atoms with Gasteiger partial charge >= 0.3 is 6.87 Å². The fourth-order valence-electron chi connectivity index (χ4n) is 0.625. The van der Waals surface area contributed by atoms with Crippen molar-refractivity contribution in [2.75, 3.05) is 0 Å². The minimum Gasteiger partial charge on any atom is -0.422 e. The third kappa shape index (κ3) is 3.42. The lowest BCUT2D eigenvalue weighted by molar-refractivity contribution is 0.499. The number of hydrogen-bond donors (Lipinski definition) is 1. The van der Waals surface area contributed by atoms with E-state index in [0.717, 1.165) is 0 Å². The number of halogens is 1. The zero-order valence-corrected chi connectivity index (χ0v) is 7.26. The molecule has 0 aromatic heterocycles. The maximum absolute atomic E-state index is 10.7. The molecule has 0 radical (unpaired) electrons. The topological polar surface area (TPSA) is 52.3 Å². The summed E-state index contributed by atoms with van der Waals surface area (Å²) in [5.41, 5.74) is 4.97. The highest BCUT2D eigenvalue weighted by atomic mass is 35.7. The van der Waals surface area contributed by atoms with Gasteiger partial charge in [0.05, 0.1) is 0 Å². The van der Waals surface area contributed by atoms with E-state index in [-0.39, 0.29) is 0 Å². The number of para-hydroxylation sites is 1. The van der Waals surface area contributed by atoms with Gasteiger partial charge in [0.15, 0.2) is 0 Å². The smallest absolute Gasteiger partial charge is 0.406 e. The molecule has 1 rings (SSSR count). The molecule has 0 saturated heterocycles. The number of benzene rings is 1. The summed E-state index contributed by atoms with van der Waals surface area (Å²) in [6, 6.07) is 8.54. The predicted molar refractivity (Wildman–Crippen MR) is 44.7 cm³/mol. The first-order chi connectivity index (χ1) is 5.08. The summed E-state index contributed by atoms with van der Waals surface area (Å²) in [5.74, 6) is 0.410. The van der Waals surface area contributed by atoms with Crippen LogP contribution in [0.5, 0.6) is 5.75 Å². The van der Waals surface area contributed by atoms with Gasteiger partial charge in [0.25, 0.3) is 0 Å². The van der Waals surface area contributed by atoms with E-state index in [1.807, 2.05) is 6.07 Å². The Kier molecular flexibility index (Phi) is 2.55. The lowest BCUT2D eigenvalue weighted by atomic mass is 10.3. The van der Waals surface area contributed by atoms with Gasteiger partial charge in [-0.05, 0) is 12.1 Å². The Bertz CT molecular complexity index is 271. The molecule has 3 nitrogen and oxygen atoms in total. The molecule has 5 heteroatoms. The van der Waals surface area contributed by atoms with Crippen molar-refractivity contribution in [1.29, 1.82) is 0 Å². The van der Waals surface area contributed by atoms with Gasteiger partial charge in [0, 0.05) is 11.2 Å². The Morgan fingerprint density at radius 1 is 1.36 bits per heavy atom. The summed E-state index contributed by atoms with van der Waals surface area (Å²) >= 11 is 5.18. The van der Waals surface area contributed by atoms with Gasteiger partial charge in [-0.2, -0.15) is 0 Å². The molecule has 0 aliphatic heterocycles. The van der Waals surface area contributed by atoms with Gasteiger partial charge in [-0.3, -0.25) is 0 Å². The van der Waals surface area contributed by atoms with E-state index in [1.165, 1.54) is 0 Å². The largest absolute Gasteiger partial charge is 0.422 e. The van der Waals surface area contributed by atoms with Gasteiger partial charge in [0.1, 0.15) is 5.75 Å².